The third-order valence-electron chi connectivity index (χ3n) is 2.77. The number of thioether (sulfide) groups is 1. The molecule has 0 aliphatic heterocycles. The minimum absolute atomic E-state index is 0.429. The fourth-order valence-corrected chi connectivity index (χ4v) is 2.61. The monoisotopic (exact) mass is 304 g/mol. The molecule has 0 saturated heterocycles. The number of nitrogens with one attached hydrogen (secondary N) is 1. The number of carbonyl (C=O) groups excluding carboxylic acids is 2. The number of urea groups is 1. The summed E-state index contributed by atoms with van der Waals surface area (Å²) in [5, 5.41) is 2.32. The number of nitrogens with two attached hydrogens (primary N) is 1. The van der Waals surface area contributed by atoms with Crippen molar-refractivity contribution >= 4 is 23.7 Å². The summed E-state index contributed by atoms with van der Waals surface area (Å²) < 4.78 is 1.95. The molecule has 0 bridgehead atoms. The molecular formula is C14H16N4O2S. The summed E-state index contributed by atoms with van der Waals surface area (Å²) in [7, 11) is 0. The molecule has 1 aromatic carbocycles. The SMILES string of the molecule is C[C@H](Sc1nccn1Cc1ccccc1)C(=O)NC(N)=O. The highest BCUT2D eigenvalue weighted by molar-refractivity contribution is 8.00. The van der Waals surface area contributed by atoms with Crippen LogP contribution in [0.3, 0.4) is 0 Å². The second-order valence-corrected chi connectivity index (χ2v) is 5.74. The van der Waals surface area contributed by atoms with Gasteiger partial charge in [-0.05, 0) is 12.5 Å². The molecule has 3 N–H and O–H groups in total. The number of hydrogen-bond donors (Lipinski definition) is 2. The molecule has 110 valence electrons. The maximum absolute atomic E-state index is 11.7. The maximum Gasteiger partial charge on any atom is 0.318 e. The summed E-state index contributed by atoms with van der Waals surface area (Å²) in [4.78, 5) is 26.6. The van der Waals surface area contributed by atoms with Crippen molar-refractivity contribution in [3.8, 4) is 0 Å². The Morgan fingerprint density at radius 2 is 2.10 bits per heavy atom. The number of imidazole rings is 1. The van der Waals surface area contributed by atoms with Crippen LogP contribution in [-0.2, 0) is 11.3 Å². The van der Waals surface area contributed by atoms with E-state index in [2.05, 4.69) is 10.3 Å². The number of benzene rings is 1. The van der Waals surface area contributed by atoms with Gasteiger partial charge < -0.3 is 10.3 Å². The van der Waals surface area contributed by atoms with Crippen LogP contribution in [0.25, 0.3) is 0 Å². The number of nitrogens with zero attached hydrogens (tertiary/aromatic N) is 2. The van der Waals surface area contributed by atoms with E-state index in [0.717, 1.165) is 5.56 Å². The summed E-state index contributed by atoms with van der Waals surface area (Å²) in [6.45, 7) is 2.37. The zero-order valence-electron chi connectivity index (χ0n) is 11.5. The van der Waals surface area contributed by atoms with Crippen LogP contribution in [-0.4, -0.2) is 26.7 Å². The van der Waals surface area contributed by atoms with E-state index in [-0.39, 0.29) is 0 Å². The quantitative estimate of drug-likeness (QED) is 0.821. The normalized spacial score (nSPS) is 11.9. The summed E-state index contributed by atoms with van der Waals surface area (Å²) in [6, 6.07) is 9.11. The Labute approximate surface area is 126 Å². The lowest BCUT2D eigenvalue weighted by molar-refractivity contribution is -0.119. The van der Waals surface area contributed by atoms with E-state index in [1.807, 2.05) is 41.1 Å². The van der Waals surface area contributed by atoms with Gasteiger partial charge in [-0.15, -0.1) is 0 Å². The van der Waals surface area contributed by atoms with E-state index in [1.165, 1.54) is 11.8 Å². The lowest BCUT2D eigenvalue weighted by Crippen LogP contribution is -2.39. The second kappa shape index (κ2) is 6.94. The highest BCUT2D eigenvalue weighted by Gasteiger charge is 2.18. The van der Waals surface area contributed by atoms with Crippen molar-refractivity contribution in [3.63, 3.8) is 0 Å². The van der Waals surface area contributed by atoms with E-state index in [9.17, 15) is 9.59 Å². The molecule has 0 aliphatic carbocycles. The maximum atomic E-state index is 11.7. The molecule has 0 saturated carbocycles. The van der Waals surface area contributed by atoms with Crippen LogP contribution in [0.5, 0.6) is 0 Å². The Bertz CT molecular complexity index is 627. The Hall–Kier alpha value is -2.28. The van der Waals surface area contributed by atoms with Crippen molar-refractivity contribution in [2.75, 3.05) is 0 Å². The molecular weight excluding hydrogens is 288 g/mol. The summed E-state index contributed by atoms with van der Waals surface area (Å²) in [6.07, 6.45) is 3.54. The van der Waals surface area contributed by atoms with Gasteiger partial charge in [0.1, 0.15) is 0 Å². The summed E-state index contributed by atoms with van der Waals surface area (Å²) in [5.41, 5.74) is 6.08. The van der Waals surface area contributed by atoms with Crippen molar-refractivity contribution in [1.29, 1.82) is 0 Å². The van der Waals surface area contributed by atoms with Gasteiger partial charge in [-0.1, -0.05) is 42.1 Å². The first-order valence-corrected chi connectivity index (χ1v) is 7.26. The Morgan fingerprint density at radius 1 is 1.38 bits per heavy atom. The van der Waals surface area contributed by atoms with Crippen molar-refractivity contribution in [1.82, 2.24) is 14.9 Å². The molecule has 1 atom stereocenters. The lowest BCUT2D eigenvalue weighted by Gasteiger charge is -2.11. The van der Waals surface area contributed by atoms with Gasteiger partial charge in [0.15, 0.2) is 5.16 Å². The van der Waals surface area contributed by atoms with Gasteiger partial charge in [0.05, 0.1) is 5.25 Å². The first kappa shape index (κ1) is 15.1. The number of imide groups is 1. The molecule has 7 heteroatoms. The van der Waals surface area contributed by atoms with Gasteiger partial charge in [0.25, 0.3) is 0 Å². The smallest absolute Gasteiger partial charge is 0.318 e. The molecule has 0 fully saturated rings. The van der Waals surface area contributed by atoms with Crippen LogP contribution < -0.4 is 11.1 Å². The second-order valence-electron chi connectivity index (χ2n) is 4.44. The highest BCUT2D eigenvalue weighted by atomic mass is 32.2. The third-order valence-corrected chi connectivity index (χ3v) is 3.89. The van der Waals surface area contributed by atoms with Crippen molar-refractivity contribution in [2.45, 2.75) is 23.9 Å². The summed E-state index contributed by atoms with van der Waals surface area (Å²) in [5.74, 6) is -0.429. The van der Waals surface area contributed by atoms with Crippen LogP contribution in [0.1, 0.15) is 12.5 Å². The van der Waals surface area contributed by atoms with Crippen LogP contribution in [0.15, 0.2) is 47.9 Å². The molecule has 1 heterocycles. The zero-order valence-corrected chi connectivity index (χ0v) is 12.3. The fourth-order valence-electron chi connectivity index (χ4n) is 1.75. The van der Waals surface area contributed by atoms with Gasteiger partial charge in [-0.3, -0.25) is 10.1 Å². The number of aromatic nitrogens is 2. The molecule has 2 aromatic rings. The zero-order chi connectivity index (χ0) is 15.2. The fraction of sp³-hybridized carbons (Fsp3) is 0.214. The average Bonchev–Trinajstić information content (AvgIpc) is 2.86. The lowest BCUT2D eigenvalue weighted by atomic mass is 10.2. The van der Waals surface area contributed by atoms with Gasteiger partial charge >= 0.3 is 6.03 Å². The highest BCUT2D eigenvalue weighted by Crippen LogP contribution is 2.22. The summed E-state index contributed by atoms with van der Waals surface area (Å²) >= 11 is 1.28. The number of carbonyl (C=O) groups is 2. The number of primary amides is 1. The first-order valence-electron chi connectivity index (χ1n) is 6.38. The van der Waals surface area contributed by atoms with Gasteiger partial charge in [-0.2, -0.15) is 0 Å². The number of amides is 3. The molecule has 6 nitrogen and oxygen atoms in total. The topological polar surface area (TPSA) is 90.0 Å². The van der Waals surface area contributed by atoms with Crippen molar-refractivity contribution in [3.05, 3.63) is 48.3 Å². The number of rotatable bonds is 5. The first-order chi connectivity index (χ1) is 10.1. The Balaban J connectivity index is 2.03. The van der Waals surface area contributed by atoms with Crippen molar-refractivity contribution in [2.24, 2.45) is 5.73 Å². The minimum atomic E-state index is -0.847. The van der Waals surface area contributed by atoms with Crippen LogP contribution >= 0.6 is 11.8 Å². The molecule has 3 amide bonds. The van der Waals surface area contributed by atoms with E-state index < -0.39 is 17.2 Å². The van der Waals surface area contributed by atoms with Crippen molar-refractivity contribution < 1.29 is 9.59 Å². The molecule has 2 rings (SSSR count). The molecule has 0 unspecified atom stereocenters. The average molecular weight is 304 g/mol. The van der Waals surface area contributed by atoms with Gasteiger partial charge in [0, 0.05) is 18.9 Å². The molecule has 0 aliphatic rings. The molecule has 21 heavy (non-hydrogen) atoms. The Morgan fingerprint density at radius 3 is 2.76 bits per heavy atom. The van der Waals surface area contributed by atoms with E-state index in [0.29, 0.717) is 11.7 Å². The molecule has 0 spiro atoms. The van der Waals surface area contributed by atoms with E-state index in [1.54, 1.807) is 13.1 Å². The van der Waals surface area contributed by atoms with E-state index in [4.69, 9.17) is 5.73 Å². The van der Waals surface area contributed by atoms with E-state index >= 15 is 0 Å². The molecule has 0 radical (unpaired) electrons. The third kappa shape index (κ3) is 4.35. The van der Waals surface area contributed by atoms with Crippen LogP contribution in [0.2, 0.25) is 0 Å². The Kier molecular flexibility index (Phi) is 4.99. The largest absolute Gasteiger partial charge is 0.351 e. The van der Waals surface area contributed by atoms with Crippen LogP contribution in [0, 0.1) is 0 Å². The predicted octanol–water partition coefficient (Wildman–Crippen LogP) is 1.61. The minimum Gasteiger partial charge on any atom is -0.351 e. The van der Waals surface area contributed by atoms with Crippen LogP contribution in [0.4, 0.5) is 4.79 Å². The van der Waals surface area contributed by atoms with Gasteiger partial charge in [-0.25, -0.2) is 9.78 Å². The number of hydrogen-bond acceptors (Lipinski definition) is 4. The molecule has 1 aromatic heterocycles. The van der Waals surface area contributed by atoms with Gasteiger partial charge in [0.2, 0.25) is 5.91 Å². The standard InChI is InChI=1S/C14H16N4O2S/c1-10(12(19)17-13(15)20)21-14-16-7-8-18(14)9-11-5-3-2-4-6-11/h2-8,10H,9H2,1H3,(H3,15,17,19,20)/t10-/m0/s1. The predicted molar refractivity (Wildman–Crippen MR) is 80.8 cm³/mol.